The summed E-state index contributed by atoms with van der Waals surface area (Å²) in [5.74, 6) is 1.44. The van der Waals surface area contributed by atoms with Crippen LogP contribution in [0.3, 0.4) is 0 Å². The van der Waals surface area contributed by atoms with Crippen LogP contribution in [-0.4, -0.2) is 32.0 Å². The van der Waals surface area contributed by atoms with E-state index in [1.807, 2.05) is 32.0 Å². The second-order valence-corrected chi connectivity index (χ2v) is 4.09. The van der Waals surface area contributed by atoms with E-state index in [-0.39, 0.29) is 18.7 Å². The SMILES string of the molecule is COc1ccc(C(C)N[C@H](C)CO)cc1OC. The minimum absolute atomic E-state index is 0.0677. The maximum absolute atomic E-state index is 9.01. The van der Waals surface area contributed by atoms with Crippen LogP contribution in [0, 0.1) is 0 Å². The molecule has 0 aliphatic rings. The van der Waals surface area contributed by atoms with Crippen LogP contribution in [0.25, 0.3) is 0 Å². The second kappa shape index (κ2) is 6.47. The second-order valence-electron chi connectivity index (χ2n) is 4.09. The molecule has 1 aromatic rings. The topological polar surface area (TPSA) is 50.7 Å². The Morgan fingerprint density at radius 3 is 2.35 bits per heavy atom. The van der Waals surface area contributed by atoms with Gasteiger partial charge < -0.3 is 19.9 Å². The first kappa shape index (κ1) is 13.8. The Morgan fingerprint density at radius 1 is 1.18 bits per heavy atom. The number of benzene rings is 1. The van der Waals surface area contributed by atoms with Gasteiger partial charge in [0, 0.05) is 12.1 Å². The molecule has 0 spiro atoms. The largest absolute Gasteiger partial charge is 0.493 e. The standard InChI is InChI=1S/C13H21NO3/c1-9(8-15)14-10(2)11-5-6-12(16-3)13(7-11)17-4/h5-7,9-10,14-15H,8H2,1-4H3/t9-,10?/m1/s1. The highest BCUT2D eigenvalue weighted by Crippen LogP contribution is 2.29. The maximum atomic E-state index is 9.01. The molecule has 4 nitrogen and oxygen atoms in total. The number of rotatable bonds is 6. The molecule has 17 heavy (non-hydrogen) atoms. The first-order valence-corrected chi connectivity index (χ1v) is 5.71. The molecule has 0 aromatic heterocycles. The van der Waals surface area contributed by atoms with Crippen molar-refractivity contribution in [2.24, 2.45) is 0 Å². The molecule has 0 radical (unpaired) electrons. The molecule has 4 heteroatoms. The van der Waals surface area contributed by atoms with Gasteiger partial charge in [-0.05, 0) is 31.5 Å². The number of nitrogens with one attached hydrogen (secondary N) is 1. The molecule has 96 valence electrons. The van der Waals surface area contributed by atoms with E-state index < -0.39 is 0 Å². The average Bonchev–Trinajstić information content (AvgIpc) is 2.37. The zero-order chi connectivity index (χ0) is 12.8. The molecule has 0 saturated carbocycles. The summed E-state index contributed by atoms with van der Waals surface area (Å²) in [6.45, 7) is 4.11. The Balaban J connectivity index is 2.84. The summed E-state index contributed by atoms with van der Waals surface area (Å²) in [6, 6.07) is 6.04. The van der Waals surface area contributed by atoms with E-state index in [0.29, 0.717) is 0 Å². The van der Waals surface area contributed by atoms with Crippen molar-refractivity contribution in [3.05, 3.63) is 23.8 Å². The van der Waals surface area contributed by atoms with Gasteiger partial charge >= 0.3 is 0 Å². The van der Waals surface area contributed by atoms with E-state index in [1.165, 1.54) is 0 Å². The summed E-state index contributed by atoms with van der Waals surface area (Å²) in [4.78, 5) is 0. The summed E-state index contributed by atoms with van der Waals surface area (Å²) in [7, 11) is 3.24. The predicted molar refractivity (Wildman–Crippen MR) is 67.6 cm³/mol. The van der Waals surface area contributed by atoms with Crippen LogP contribution in [0.15, 0.2) is 18.2 Å². The molecule has 2 N–H and O–H groups in total. The number of aliphatic hydroxyl groups excluding tert-OH is 1. The maximum Gasteiger partial charge on any atom is 0.161 e. The van der Waals surface area contributed by atoms with Gasteiger partial charge in [0.1, 0.15) is 0 Å². The fraction of sp³-hybridized carbons (Fsp3) is 0.538. The molecule has 0 aliphatic carbocycles. The quantitative estimate of drug-likeness (QED) is 0.794. The molecule has 0 fully saturated rings. The predicted octanol–water partition coefficient (Wildman–Crippen LogP) is 1.74. The van der Waals surface area contributed by atoms with Gasteiger partial charge in [-0.15, -0.1) is 0 Å². The van der Waals surface area contributed by atoms with Gasteiger partial charge in [-0.3, -0.25) is 0 Å². The van der Waals surface area contributed by atoms with Gasteiger partial charge in [0.25, 0.3) is 0 Å². The number of hydrogen-bond acceptors (Lipinski definition) is 4. The highest BCUT2D eigenvalue weighted by Gasteiger charge is 2.11. The van der Waals surface area contributed by atoms with E-state index >= 15 is 0 Å². The van der Waals surface area contributed by atoms with Crippen molar-refractivity contribution in [3.63, 3.8) is 0 Å². The lowest BCUT2D eigenvalue weighted by molar-refractivity contribution is 0.243. The molecule has 1 unspecified atom stereocenters. The fourth-order valence-electron chi connectivity index (χ4n) is 1.70. The third kappa shape index (κ3) is 3.61. The van der Waals surface area contributed by atoms with Crippen molar-refractivity contribution < 1.29 is 14.6 Å². The lowest BCUT2D eigenvalue weighted by Gasteiger charge is -2.19. The molecular formula is C13H21NO3. The van der Waals surface area contributed by atoms with E-state index in [0.717, 1.165) is 17.1 Å². The minimum Gasteiger partial charge on any atom is -0.493 e. The van der Waals surface area contributed by atoms with Crippen LogP contribution in [-0.2, 0) is 0 Å². The van der Waals surface area contributed by atoms with Crippen LogP contribution in [0.2, 0.25) is 0 Å². The number of hydrogen-bond donors (Lipinski definition) is 2. The fourth-order valence-corrected chi connectivity index (χ4v) is 1.70. The Kier molecular flexibility index (Phi) is 5.25. The monoisotopic (exact) mass is 239 g/mol. The smallest absolute Gasteiger partial charge is 0.161 e. The van der Waals surface area contributed by atoms with Crippen LogP contribution in [0.4, 0.5) is 0 Å². The first-order valence-electron chi connectivity index (χ1n) is 5.71. The molecule has 0 bridgehead atoms. The molecule has 2 atom stereocenters. The highest BCUT2D eigenvalue weighted by atomic mass is 16.5. The van der Waals surface area contributed by atoms with Crippen LogP contribution < -0.4 is 14.8 Å². The molecule has 0 amide bonds. The highest BCUT2D eigenvalue weighted by molar-refractivity contribution is 5.43. The third-order valence-electron chi connectivity index (χ3n) is 2.72. The van der Waals surface area contributed by atoms with Crippen molar-refractivity contribution in [2.75, 3.05) is 20.8 Å². The van der Waals surface area contributed by atoms with Gasteiger partial charge in [0.2, 0.25) is 0 Å². The normalized spacial score (nSPS) is 14.2. The summed E-state index contributed by atoms with van der Waals surface area (Å²) in [6.07, 6.45) is 0. The van der Waals surface area contributed by atoms with Crippen molar-refractivity contribution in [1.29, 1.82) is 0 Å². The van der Waals surface area contributed by atoms with Crippen molar-refractivity contribution in [2.45, 2.75) is 25.9 Å². The molecule has 1 rings (SSSR count). The number of methoxy groups -OCH3 is 2. The molecule has 0 heterocycles. The zero-order valence-corrected chi connectivity index (χ0v) is 10.9. The molecule has 0 saturated heterocycles. The summed E-state index contributed by atoms with van der Waals surface area (Å²) in [5, 5.41) is 12.3. The Morgan fingerprint density at radius 2 is 1.82 bits per heavy atom. The summed E-state index contributed by atoms with van der Waals surface area (Å²) < 4.78 is 10.4. The molecular weight excluding hydrogens is 218 g/mol. The number of ether oxygens (including phenoxy) is 2. The van der Waals surface area contributed by atoms with Crippen molar-refractivity contribution in [3.8, 4) is 11.5 Å². The van der Waals surface area contributed by atoms with Crippen LogP contribution >= 0.6 is 0 Å². The lowest BCUT2D eigenvalue weighted by Crippen LogP contribution is -2.31. The van der Waals surface area contributed by atoms with Crippen molar-refractivity contribution in [1.82, 2.24) is 5.32 Å². The number of aliphatic hydroxyl groups is 1. The van der Waals surface area contributed by atoms with Crippen molar-refractivity contribution >= 4 is 0 Å². The van der Waals surface area contributed by atoms with E-state index in [1.54, 1.807) is 14.2 Å². The van der Waals surface area contributed by atoms with Gasteiger partial charge in [0.15, 0.2) is 11.5 Å². The summed E-state index contributed by atoms with van der Waals surface area (Å²) >= 11 is 0. The van der Waals surface area contributed by atoms with Crippen LogP contribution in [0.1, 0.15) is 25.5 Å². The minimum atomic E-state index is 0.0677. The van der Waals surface area contributed by atoms with Gasteiger partial charge in [-0.2, -0.15) is 0 Å². The Bertz CT molecular complexity index is 355. The zero-order valence-electron chi connectivity index (χ0n) is 10.9. The van der Waals surface area contributed by atoms with E-state index in [9.17, 15) is 0 Å². The Labute approximate surface area is 103 Å². The van der Waals surface area contributed by atoms with Gasteiger partial charge in [0.05, 0.1) is 20.8 Å². The van der Waals surface area contributed by atoms with Gasteiger partial charge in [-0.1, -0.05) is 6.07 Å². The van der Waals surface area contributed by atoms with Crippen LogP contribution in [0.5, 0.6) is 11.5 Å². The van der Waals surface area contributed by atoms with E-state index in [4.69, 9.17) is 14.6 Å². The average molecular weight is 239 g/mol. The van der Waals surface area contributed by atoms with Gasteiger partial charge in [-0.25, -0.2) is 0 Å². The lowest BCUT2D eigenvalue weighted by atomic mass is 10.1. The Hall–Kier alpha value is -1.26. The first-order chi connectivity index (χ1) is 8.12. The molecule has 1 aromatic carbocycles. The summed E-state index contributed by atoms with van der Waals surface area (Å²) in [5.41, 5.74) is 1.10. The van der Waals surface area contributed by atoms with E-state index in [2.05, 4.69) is 5.32 Å². The molecule has 0 aliphatic heterocycles. The third-order valence-corrected chi connectivity index (χ3v) is 2.72.